The summed E-state index contributed by atoms with van der Waals surface area (Å²) in [5.41, 5.74) is 25.2. The number of carbonyl (C=O) groups excluding carboxylic acids is 16. The van der Waals surface area contributed by atoms with E-state index in [-0.39, 0.29) is 131 Å². The number of aromatic hydroxyl groups is 1. The number of aliphatic carboxylic acids is 1. The number of phenolic OH excluding ortho intramolecular Hbond substituents is 1. The first-order valence-electron chi connectivity index (χ1n) is 45.3. The zero-order valence-electron chi connectivity index (χ0n) is 77.8. The van der Waals surface area contributed by atoms with E-state index in [1.807, 2.05) is 26.0 Å². The van der Waals surface area contributed by atoms with Gasteiger partial charge in [-0.2, -0.15) is 0 Å². The van der Waals surface area contributed by atoms with Crippen molar-refractivity contribution in [1.29, 1.82) is 0 Å². The molecule has 0 fully saturated rings. The predicted octanol–water partition coefficient (Wildman–Crippen LogP) is 1.33. The molecule has 133 heavy (non-hydrogen) atoms. The number of primary amides is 1. The van der Waals surface area contributed by atoms with Crippen LogP contribution in [0.3, 0.4) is 0 Å². The zero-order chi connectivity index (χ0) is 99.0. The highest BCUT2D eigenvalue weighted by Gasteiger charge is 2.45. The van der Waals surface area contributed by atoms with Gasteiger partial charge in [-0.15, -0.1) is 0 Å². The Morgan fingerprint density at radius 3 is 1.90 bits per heavy atom. The summed E-state index contributed by atoms with van der Waals surface area (Å²) in [6.45, 7) is 14.5. The number of hydrogen-bond acceptors (Lipinski definition) is 30. The lowest BCUT2D eigenvalue weighted by molar-refractivity contribution is -0.145. The van der Waals surface area contributed by atoms with Crippen molar-refractivity contribution < 1.29 is 111 Å². The number of nitrogens with one attached hydrogen (secondary N) is 15. The van der Waals surface area contributed by atoms with Crippen molar-refractivity contribution in [1.82, 2.24) is 80.1 Å². The number of carboxylic acids is 1. The largest absolute Gasteiger partial charge is 0.508 e. The first-order valence-corrected chi connectivity index (χ1v) is 45.3. The van der Waals surface area contributed by atoms with Crippen LogP contribution in [-0.2, 0) is 101 Å². The second kappa shape index (κ2) is 56.3. The van der Waals surface area contributed by atoms with E-state index in [4.69, 9.17) is 11.5 Å². The monoisotopic (exact) mass is 1870 g/mol. The van der Waals surface area contributed by atoms with Crippen molar-refractivity contribution in [3.05, 3.63) is 113 Å². The van der Waals surface area contributed by atoms with Gasteiger partial charge < -0.3 is 79.4 Å². The first-order chi connectivity index (χ1) is 62.8. The van der Waals surface area contributed by atoms with Crippen LogP contribution in [0.4, 0.5) is 8.78 Å². The van der Waals surface area contributed by atoms with E-state index >= 15 is 23.6 Å². The predicted molar refractivity (Wildman–Crippen MR) is 489 cm³/mol. The number of carbonyl (C=O) groups is 17. The third-order valence-electron chi connectivity index (χ3n) is 23.2. The summed E-state index contributed by atoms with van der Waals surface area (Å²) >= 11 is 0. The number of rotatable bonds is 41. The van der Waals surface area contributed by atoms with Crippen molar-refractivity contribution >= 4 is 110 Å². The fourth-order valence-corrected chi connectivity index (χ4v) is 14.8. The molecular weight excluding hydrogens is 1730 g/mol. The zero-order valence-corrected chi connectivity index (χ0v) is 77.8. The lowest BCUT2D eigenvalue weighted by Crippen LogP contribution is -2.65. The molecule has 1 aromatic heterocycles. The van der Waals surface area contributed by atoms with Crippen LogP contribution >= 0.6 is 0 Å². The maximum atomic E-state index is 15.6. The molecule has 40 heteroatoms. The summed E-state index contributed by atoms with van der Waals surface area (Å²) in [5, 5.41) is 64.7. The third-order valence-corrected chi connectivity index (χ3v) is 23.2. The average Bonchev–Trinajstić information content (AvgIpc) is 1.60. The molecule has 0 unspecified atom stereocenters. The number of aromatic amines is 1. The maximum Gasteiger partial charge on any atom is 0.303 e. The molecule has 0 spiro atoms. The van der Waals surface area contributed by atoms with Gasteiger partial charge >= 0.3 is 5.97 Å². The molecule has 0 saturated carbocycles. The highest BCUT2D eigenvalue weighted by Crippen LogP contribution is 2.25. The van der Waals surface area contributed by atoms with Crippen LogP contribution < -0.4 is 86.6 Å². The number of amides is 6. The van der Waals surface area contributed by atoms with Crippen LogP contribution in [0, 0.1) is 23.5 Å². The van der Waals surface area contributed by atoms with E-state index in [9.17, 15) is 87.1 Å². The highest BCUT2D eigenvalue weighted by molar-refractivity contribution is 6.43. The number of phenols is 1. The topological polar surface area (TPSA) is 607 Å². The fourth-order valence-electron chi connectivity index (χ4n) is 14.8. The smallest absolute Gasteiger partial charge is 0.303 e. The van der Waals surface area contributed by atoms with Gasteiger partial charge in [0.15, 0.2) is 46.3 Å². The van der Waals surface area contributed by atoms with Crippen LogP contribution in [0.2, 0.25) is 0 Å². The molecule has 3 aromatic carbocycles. The lowest BCUT2D eigenvalue weighted by atomic mass is 9.84. The van der Waals surface area contributed by atoms with Crippen molar-refractivity contribution in [3.8, 4) is 5.75 Å². The van der Waals surface area contributed by atoms with Crippen LogP contribution in [0.5, 0.6) is 5.75 Å². The van der Waals surface area contributed by atoms with Crippen LogP contribution in [0.25, 0.3) is 10.9 Å². The Morgan fingerprint density at radius 2 is 1.26 bits per heavy atom. The van der Waals surface area contributed by atoms with Crippen molar-refractivity contribution in [3.63, 3.8) is 0 Å². The Bertz CT molecular complexity index is 4680. The van der Waals surface area contributed by atoms with E-state index < -0.39 is 234 Å². The highest BCUT2D eigenvalue weighted by atomic mass is 19.2. The summed E-state index contributed by atoms with van der Waals surface area (Å²) in [6, 6.07) is -1.64. The van der Waals surface area contributed by atoms with Gasteiger partial charge in [0.2, 0.25) is 58.6 Å². The van der Waals surface area contributed by atoms with E-state index in [0.717, 1.165) is 32.0 Å². The summed E-state index contributed by atoms with van der Waals surface area (Å²) in [4.78, 5) is 242. The van der Waals surface area contributed by atoms with E-state index in [2.05, 4.69) is 80.1 Å². The molecule has 15 atom stereocenters. The summed E-state index contributed by atoms with van der Waals surface area (Å²) in [7, 11) is 0. The lowest BCUT2D eigenvalue weighted by Gasteiger charge is -2.33. The average molecular weight is 1870 g/mol. The second-order valence-corrected chi connectivity index (χ2v) is 35.5. The second-order valence-electron chi connectivity index (χ2n) is 35.5. The van der Waals surface area contributed by atoms with E-state index in [1.165, 1.54) is 52.0 Å². The van der Waals surface area contributed by atoms with Crippen LogP contribution in [0.15, 0.2) is 85.1 Å². The Labute approximate surface area is 773 Å². The molecular formula is C93H137F2N17O21. The summed E-state index contributed by atoms with van der Waals surface area (Å²) in [5.74, 6) is -18.7. The Balaban J connectivity index is 1.63. The molecule has 1 aliphatic heterocycles. The standard InChI is InChI=1S/C93H137F2N17O21/c1-52(2)25-32-69-89(131)106-93(11,91(133)104-74(51-113)80(122)50-99-54(5)75(117)37-40-98-56(7)78(120)47-96)39-22-18-16-14-12-13-15-17-21-38-92(10,105-90(132)73(44-60-28-31-64(94)65(95)42-60)111-112-83(57(8)114)86(128)84(126)71(41-53(3)4)102-58(9)115)87(129)85(127)68(34-36-82(124)125)103-88(130)72(43-59-26-29-62(116)30-27-59)110-109-70(45-61-48-101-66-24-20-19-23-63(61)66)79(121)49-100-55(6)76(118)46-77(119)67(107-108-69)33-35-81(97)123/h14,16,19-20,23-24,26-31,42,48,52-57,67-74,83,98-101,107-114,116H,12-13,15,17-18,21-22,25,32-41,43-47,49-51,96H2,1-11H3,(H2,97,123)(H,102,115)(H,103,130)(H,104,133)(H,105,132)(H,106,131)(H,124,125)/b16-14+/t54-,55-,56-,57+,67-,68-,69-,70-,71-,72-,73-,74-,83-,92+,93-/m0/s1. The van der Waals surface area contributed by atoms with Gasteiger partial charge in [-0.1, -0.05) is 95.5 Å². The molecule has 6 amide bonds. The minimum atomic E-state index is -2.34. The number of nitrogens with two attached hydrogens (primary N) is 2. The number of benzene rings is 3. The number of para-hydroxylation sites is 1. The molecule has 2 heterocycles. The molecule has 4 aromatic rings. The van der Waals surface area contributed by atoms with Crippen LogP contribution in [0.1, 0.15) is 208 Å². The van der Waals surface area contributed by atoms with Gasteiger partial charge in [0, 0.05) is 49.8 Å². The number of hydrogen-bond donors (Lipinski definition) is 21. The van der Waals surface area contributed by atoms with Gasteiger partial charge in [-0.25, -0.2) is 41.3 Å². The first kappa shape index (κ1) is 113. The number of aliphatic hydroxyl groups excluding tert-OH is 2. The maximum absolute atomic E-state index is 15.6. The fraction of sp³-hybridized carbons (Fsp3) is 0.581. The number of H-pyrrole nitrogens is 1. The number of halogens is 2. The number of fused-ring (bicyclic) bond motifs is 1. The number of aromatic nitrogens is 1. The third kappa shape index (κ3) is 38.2. The van der Waals surface area contributed by atoms with Crippen molar-refractivity contribution in [2.45, 2.75) is 301 Å². The van der Waals surface area contributed by atoms with Gasteiger partial charge in [-0.05, 0) is 190 Å². The summed E-state index contributed by atoms with van der Waals surface area (Å²) in [6.07, 6.45) is 1.53. The van der Waals surface area contributed by atoms with Gasteiger partial charge in [0.05, 0.1) is 87.1 Å². The van der Waals surface area contributed by atoms with Crippen molar-refractivity contribution in [2.75, 3.05) is 32.8 Å². The Morgan fingerprint density at radius 1 is 0.624 bits per heavy atom. The minimum absolute atomic E-state index is 0.00903. The number of allylic oxidation sites excluding steroid dienone is 2. The molecule has 0 bridgehead atoms. The molecule has 0 saturated heterocycles. The quantitative estimate of drug-likeness (QED) is 0.0129. The van der Waals surface area contributed by atoms with Gasteiger partial charge in [0.1, 0.15) is 41.0 Å². The summed E-state index contributed by atoms with van der Waals surface area (Å²) < 4.78 is 29.7. The molecule has 1 aliphatic rings. The molecule has 5 rings (SSSR count). The number of Topliss-reactive ketones (excluding diaryl/α,β-unsaturated/α-hetero) is 10. The SMILES string of the molecule is CC(=O)N[C@@H](CC(C)C)C(=O)C(=O)[C@@H](NN[C@@H](Cc1ccc(F)c(F)c1)C(=O)N[C@]1(C)CCCCCC/C=C/CCC[C@@](C)(C(=O)N[C@@H](CO)C(=O)CN[C@@H](C)C(=O)CCN[C@@H](C)C(=O)CN)NC(=O)[C@H](CCC(C)C)NN[C@@H](CCC(N)=O)C(=O)CC(=O)[C@H](C)NCC(=O)[C@H](Cc2c[nH]c3ccccc23)NN[C@@H](Cc2ccc(O)cc2)C(=O)N[C@@H](CCC(=O)O)C(=O)C1=O)[C@@H](C)O. The van der Waals surface area contributed by atoms with Crippen molar-refractivity contribution in [2.24, 2.45) is 23.3 Å². The normalized spacial score (nSPS) is 22.3. The number of ketones is 10. The van der Waals surface area contributed by atoms with Gasteiger partial charge in [0.25, 0.3) is 0 Å². The molecule has 38 nitrogen and oxygen atoms in total. The van der Waals surface area contributed by atoms with E-state index in [1.54, 1.807) is 51.2 Å². The number of hydrazine groups is 3. The van der Waals surface area contributed by atoms with Gasteiger partial charge in [-0.3, -0.25) is 81.5 Å². The Kier molecular flexibility index (Phi) is 47.7. The Hall–Kier alpha value is -10.9. The number of carboxylic acid groups (broad SMARTS) is 1. The van der Waals surface area contributed by atoms with E-state index in [0.29, 0.717) is 47.7 Å². The molecule has 23 N–H and O–H groups in total. The van der Waals surface area contributed by atoms with Crippen LogP contribution in [-0.4, -0.2) is 247 Å². The molecule has 734 valence electrons. The number of aliphatic hydroxyl groups is 2. The minimum Gasteiger partial charge on any atom is -0.508 e. The molecule has 0 aliphatic carbocycles. The molecule has 0 radical (unpaired) electrons.